The van der Waals surface area contributed by atoms with E-state index in [1.165, 1.54) is 0 Å². The fourth-order valence-corrected chi connectivity index (χ4v) is 3.60. The molecule has 0 saturated carbocycles. The quantitative estimate of drug-likeness (QED) is 0.698. The van der Waals surface area contributed by atoms with Crippen molar-refractivity contribution in [2.24, 2.45) is 11.7 Å². The summed E-state index contributed by atoms with van der Waals surface area (Å²) in [6.45, 7) is 7.30. The highest BCUT2D eigenvalue weighted by atomic mass is 32.2. The van der Waals surface area contributed by atoms with Gasteiger partial charge in [0.1, 0.15) is 5.54 Å². The lowest BCUT2D eigenvalue weighted by Gasteiger charge is -2.32. The first kappa shape index (κ1) is 18.1. The van der Waals surface area contributed by atoms with E-state index in [0.29, 0.717) is 11.7 Å². The van der Waals surface area contributed by atoms with Crippen LogP contribution in [0.15, 0.2) is 30.3 Å². The molecule has 1 amide bonds. The summed E-state index contributed by atoms with van der Waals surface area (Å²) < 4.78 is 0. The number of carbonyl (C=O) groups excluding carboxylic acids is 1. The third kappa shape index (κ3) is 5.04. The molecule has 0 aliphatic carbocycles. The lowest BCUT2D eigenvalue weighted by Crippen LogP contribution is -2.55. The number of benzene rings is 1. The topological polar surface area (TPSA) is 55.1 Å². The fraction of sp³-hybridized carbons (Fsp3) is 0.588. The summed E-state index contributed by atoms with van der Waals surface area (Å²) in [5.41, 5.74) is 5.97. The van der Waals surface area contributed by atoms with E-state index < -0.39 is 5.54 Å². The van der Waals surface area contributed by atoms with E-state index in [4.69, 9.17) is 5.73 Å². The van der Waals surface area contributed by atoms with E-state index in [1.54, 1.807) is 11.8 Å². The zero-order valence-corrected chi connectivity index (χ0v) is 14.2. The minimum Gasteiger partial charge on any atom is -0.368 e. The van der Waals surface area contributed by atoms with Gasteiger partial charge in [-0.05, 0) is 30.2 Å². The highest BCUT2D eigenvalue weighted by Gasteiger charge is 2.37. The van der Waals surface area contributed by atoms with Crippen molar-refractivity contribution in [2.45, 2.75) is 39.2 Å². The Morgan fingerprint density at radius 1 is 1.33 bits per heavy atom. The van der Waals surface area contributed by atoms with Gasteiger partial charge in [0.25, 0.3) is 0 Å². The lowest BCUT2D eigenvalue weighted by atomic mass is 9.91. The van der Waals surface area contributed by atoms with Gasteiger partial charge in [-0.25, -0.2) is 0 Å². The summed E-state index contributed by atoms with van der Waals surface area (Å²) in [6.07, 6.45) is 2.13. The van der Waals surface area contributed by atoms with Gasteiger partial charge in [0.05, 0.1) is 0 Å². The van der Waals surface area contributed by atoms with E-state index in [2.05, 4.69) is 26.1 Å². The summed E-state index contributed by atoms with van der Waals surface area (Å²) in [5.74, 6) is 2.09. The zero-order valence-electron chi connectivity index (χ0n) is 13.4. The number of hydrogen-bond acceptors (Lipinski definition) is 3. The molecular weight excluding hydrogens is 280 g/mol. The Labute approximate surface area is 133 Å². The Balaban J connectivity index is 2.93. The monoisotopic (exact) mass is 308 g/mol. The minimum atomic E-state index is -0.768. The van der Waals surface area contributed by atoms with Crippen LogP contribution < -0.4 is 11.1 Å². The molecule has 4 heteroatoms. The van der Waals surface area contributed by atoms with Crippen LogP contribution in [0.5, 0.6) is 0 Å². The molecule has 21 heavy (non-hydrogen) atoms. The third-order valence-electron chi connectivity index (χ3n) is 3.78. The van der Waals surface area contributed by atoms with Crippen molar-refractivity contribution in [2.75, 3.05) is 18.1 Å². The maximum atomic E-state index is 12.2. The van der Waals surface area contributed by atoms with Gasteiger partial charge < -0.3 is 5.73 Å². The second kappa shape index (κ2) is 9.11. The van der Waals surface area contributed by atoms with E-state index in [9.17, 15) is 4.79 Å². The predicted octanol–water partition coefficient (Wildman–Crippen LogP) is 3.15. The van der Waals surface area contributed by atoms with Crippen molar-refractivity contribution in [1.29, 1.82) is 0 Å². The van der Waals surface area contributed by atoms with Crippen molar-refractivity contribution in [3.05, 3.63) is 35.9 Å². The van der Waals surface area contributed by atoms with Crippen molar-refractivity contribution < 1.29 is 4.79 Å². The SMILES string of the molecule is CCCNC(CSCC(C)CC)(C(N)=O)c1ccccc1. The van der Waals surface area contributed by atoms with Crippen molar-refractivity contribution in [1.82, 2.24) is 5.32 Å². The standard InChI is InChI=1S/C17H28N2OS/c1-4-11-19-17(16(18)20,13-21-12-14(3)5-2)15-9-7-6-8-10-15/h6-10,14,19H,4-5,11-13H2,1-3H3,(H2,18,20). The van der Waals surface area contributed by atoms with Crippen molar-refractivity contribution >= 4 is 17.7 Å². The summed E-state index contributed by atoms with van der Waals surface area (Å²) in [7, 11) is 0. The number of nitrogens with two attached hydrogens (primary N) is 1. The summed E-state index contributed by atoms with van der Waals surface area (Å²) in [6, 6.07) is 9.84. The molecule has 0 fully saturated rings. The lowest BCUT2D eigenvalue weighted by molar-refractivity contribution is -0.123. The van der Waals surface area contributed by atoms with Crippen molar-refractivity contribution in [3.8, 4) is 0 Å². The molecular formula is C17H28N2OS. The molecule has 0 saturated heterocycles. The van der Waals surface area contributed by atoms with Gasteiger partial charge in [0.2, 0.25) is 5.91 Å². The van der Waals surface area contributed by atoms with Gasteiger partial charge in [0, 0.05) is 5.75 Å². The number of carbonyl (C=O) groups is 1. The van der Waals surface area contributed by atoms with Crippen LogP contribution in [0.4, 0.5) is 0 Å². The highest BCUT2D eigenvalue weighted by molar-refractivity contribution is 7.99. The van der Waals surface area contributed by atoms with Crippen LogP contribution in [0.25, 0.3) is 0 Å². The van der Waals surface area contributed by atoms with Gasteiger partial charge in [-0.1, -0.05) is 57.5 Å². The smallest absolute Gasteiger partial charge is 0.243 e. The number of thioether (sulfide) groups is 1. The first-order valence-corrected chi connectivity index (χ1v) is 8.90. The largest absolute Gasteiger partial charge is 0.368 e. The van der Waals surface area contributed by atoms with E-state index in [-0.39, 0.29) is 5.91 Å². The first-order valence-electron chi connectivity index (χ1n) is 7.75. The number of nitrogens with one attached hydrogen (secondary N) is 1. The van der Waals surface area contributed by atoms with E-state index >= 15 is 0 Å². The Kier molecular flexibility index (Phi) is 7.83. The van der Waals surface area contributed by atoms with Crippen LogP contribution >= 0.6 is 11.8 Å². The van der Waals surface area contributed by atoms with Gasteiger partial charge >= 0.3 is 0 Å². The van der Waals surface area contributed by atoms with Crippen LogP contribution in [-0.4, -0.2) is 24.0 Å². The molecule has 2 unspecified atom stereocenters. The molecule has 0 heterocycles. The molecule has 1 aromatic rings. The van der Waals surface area contributed by atoms with Crippen LogP contribution in [0, 0.1) is 5.92 Å². The Morgan fingerprint density at radius 3 is 2.52 bits per heavy atom. The molecule has 2 atom stereocenters. The molecule has 0 aromatic heterocycles. The van der Waals surface area contributed by atoms with Gasteiger partial charge in [-0.3, -0.25) is 10.1 Å². The Morgan fingerprint density at radius 2 is 2.00 bits per heavy atom. The average molecular weight is 308 g/mol. The molecule has 0 bridgehead atoms. The molecule has 0 aliphatic heterocycles. The second-order valence-corrected chi connectivity index (χ2v) is 6.62. The van der Waals surface area contributed by atoms with Gasteiger partial charge in [-0.2, -0.15) is 11.8 Å². The molecule has 1 aromatic carbocycles. The fourth-order valence-electron chi connectivity index (χ4n) is 2.13. The van der Waals surface area contributed by atoms with Crippen LogP contribution in [-0.2, 0) is 10.3 Å². The molecule has 1 rings (SSSR count). The predicted molar refractivity (Wildman–Crippen MR) is 92.4 cm³/mol. The molecule has 0 aliphatic rings. The highest BCUT2D eigenvalue weighted by Crippen LogP contribution is 2.27. The zero-order chi connectivity index (χ0) is 15.7. The molecule has 3 N–H and O–H groups in total. The van der Waals surface area contributed by atoms with Gasteiger partial charge in [-0.15, -0.1) is 0 Å². The van der Waals surface area contributed by atoms with E-state index in [0.717, 1.165) is 30.7 Å². The maximum absolute atomic E-state index is 12.2. The minimum absolute atomic E-state index is 0.293. The number of primary amides is 1. The molecule has 0 radical (unpaired) electrons. The number of rotatable bonds is 10. The summed E-state index contributed by atoms with van der Waals surface area (Å²) in [4.78, 5) is 12.2. The third-order valence-corrected chi connectivity index (χ3v) is 5.22. The summed E-state index contributed by atoms with van der Waals surface area (Å²) >= 11 is 1.80. The molecule has 0 spiro atoms. The Bertz CT molecular complexity index is 424. The molecule has 118 valence electrons. The first-order chi connectivity index (χ1) is 10.1. The van der Waals surface area contributed by atoms with Crippen molar-refractivity contribution in [3.63, 3.8) is 0 Å². The van der Waals surface area contributed by atoms with Gasteiger partial charge in [0.15, 0.2) is 0 Å². The Hall–Kier alpha value is -1.00. The number of hydrogen-bond donors (Lipinski definition) is 2. The second-order valence-electron chi connectivity index (χ2n) is 5.59. The van der Waals surface area contributed by atoms with Crippen LogP contribution in [0.1, 0.15) is 39.2 Å². The maximum Gasteiger partial charge on any atom is 0.243 e. The average Bonchev–Trinajstić information content (AvgIpc) is 2.51. The summed E-state index contributed by atoms with van der Waals surface area (Å²) in [5, 5.41) is 3.40. The number of amides is 1. The van der Waals surface area contributed by atoms with E-state index in [1.807, 2.05) is 30.3 Å². The van der Waals surface area contributed by atoms with Crippen LogP contribution in [0.2, 0.25) is 0 Å². The normalized spacial score (nSPS) is 15.4. The molecule has 3 nitrogen and oxygen atoms in total. The van der Waals surface area contributed by atoms with Crippen LogP contribution in [0.3, 0.4) is 0 Å².